The van der Waals surface area contributed by atoms with Gasteiger partial charge in [0.15, 0.2) is 0 Å². The van der Waals surface area contributed by atoms with Crippen LogP contribution in [0.3, 0.4) is 0 Å². The number of alkyl halides is 1. The van der Waals surface area contributed by atoms with Crippen molar-refractivity contribution >= 4 is 17.5 Å². The molecular weight excluding hydrogens is 151 g/mol. The summed E-state index contributed by atoms with van der Waals surface area (Å²) in [5, 5.41) is 0. The third kappa shape index (κ3) is 7.95. The molecule has 0 radical (unpaired) electrons. The third-order valence-corrected chi connectivity index (χ3v) is 2.25. The second-order valence-corrected chi connectivity index (χ2v) is 3.90. The lowest BCUT2D eigenvalue weighted by Crippen LogP contribution is -2.16. The molecule has 3 heteroatoms. The molecule has 0 aliphatic carbocycles. The van der Waals surface area contributed by atoms with E-state index in [1.165, 1.54) is 32.5 Å². The molecule has 0 heterocycles. The number of thioether (sulfide) groups is 1. The van der Waals surface area contributed by atoms with E-state index in [0.29, 0.717) is 11.5 Å². The highest BCUT2D eigenvalue weighted by atomic mass is 32.2. The van der Waals surface area contributed by atoms with Crippen LogP contribution in [-0.2, 0) is 4.79 Å². The summed E-state index contributed by atoms with van der Waals surface area (Å²) < 4.78 is 12.7. The zero-order valence-electron chi connectivity index (χ0n) is 6.61. The van der Waals surface area contributed by atoms with Gasteiger partial charge in [-0.3, -0.25) is 4.79 Å². The Morgan fingerprint density at radius 3 is 2.40 bits per heavy atom. The minimum atomic E-state index is -1.15. The van der Waals surface area contributed by atoms with Crippen molar-refractivity contribution in [1.29, 1.82) is 0 Å². The van der Waals surface area contributed by atoms with Crippen LogP contribution in [0.1, 0.15) is 20.8 Å². The molecule has 60 valence electrons. The number of halogens is 1. The molecule has 0 fully saturated rings. The van der Waals surface area contributed by atoms with Crippen LogP contribution in [0.5, 0.6) is 0 Å². The fraction of sp³-hybridized carbons (Fsp3) is 0.857. The van der Waals surface area contributed by atoms with Gasteiger partial charge in [0.2, 0.25) is 0 Å². The average molecular weight is 164 g/mol. The molecule has 1 nitrogen and oxygen atoms in total. The fourth-order valence-electron chi connectivity index (χ4n) is 0.437. The van der Waals surface area contributed by atoms with Crippen molar-refractivity contribution in [1.82, 2.24) is 0 Å². The molecule has 0 spiro atoms. The number of hydrogen-bond acceptors (Lipinski definition) is 2. The van der Waals surface area contributed by atoms with Crippen LogP contribution >= 0.6 is 11.8 Å². The Hall–Kier alpha value is -0.0500. The monoisotopic (exact) mass is 164 g/mol. The van der Waals surface area contributed by atoms with E-state index in [1.54, 1.807) is 0 Å². The molecule has 0 aliphatic rings. The Balaban J connectivity index is 3.29. The van der Waals surface area contributed by atoms with Gasteiger partial charge in [-0.15, -0.1) is 0 Å². The van der Waals surface area contributed by atoms with E-state index in [1.807, 2.05) is 0 Å². The molecule has 0 aromatic heterocycles. The van der Waals surface area contributed by atoms with Crippen LogP contribution in [0.2, 0.25) is 0 Å². The first-order chi connectivity index (χ1) is 4.42. The predicted molar refractivity (Wildman–Crippen MR) is 43.2 cm³/mol. The SMILES string of the molecule is CC(=O)CSCC(C)(C)F. The lowest BCUT2D eigenvalue weighted by Gasteiger charge is -2.11. The second kappa shape index (κ2) is 3.96. The van der Waals surface area contributed by atoms with E-state index in [9.17, 15) is 9.18 Å². The number of hydrogen-bond donors (Lipinski definition) is 0. The molecule has 0 bridgehead atoms. The van der Waals surface area contributed by atoms with Crippen molar-refractivity contribution in [2.24, 2.45) is 0 Å². The summed E-state index contributed by atoms with van der Waals surface area (Å²) in [6.45, 7) is 4.54. The molecule has 10 heavy (non-hydrogen) atoms. The summed E-state index contributed by atoms with van der Waals surface area (Å²) >= 11 is 1.34. The van der Waals surface area contributed by atoms with Crippen molar-refractivity contribution < 1.29 is 9.18 Å². The molecule has 0 aliphatic heterocycles. The van der Waals surface area contributed by atoms with E-state index in [4.69, 9.17) is 0 Å². The predicted octanol–water partition coefficient (Wildman–Crippen LogP) is 2.06. The van der Waals surface area contributed by atoms with Gasteiger partial charge in [0.1, 0.15) is 11.5 Å². The van der Waals surface area contributed by atoms with Crippen LogP contribution in [0.25, 0.3) is 0 Å². The molecule has 0 atom stereocenters. The highest BCUT2D eigenvalue weighted by Crippen LogP contribution is 2.15. The minimum absolute atomic E-state index is 0.106. The quantitative estimate of drug-likeness (QED) is 0.632. The molecule has 0 saturated heterocycles. The van der Waals surface area contributed by atoms with E-state index >= 15 is 0 Å². The van der Waals surface area contributed by atoms with Crippen molar-refractivity contribution in [3.05, 3.63) is 0 Å². The first-order valence-corrected chi connectivity index (χ1v) is 4.33. The molecule has 0 amide bonds. The van der Waals surface area contributed by atoms with E-state index in [-0.39, 0.29) is 5.78 Å². The van der Waals surface area contributed by atoms with Crippen molar-refractivity contribution in [2.45, 2.75) is 26.4 Å². The van der Waals surface area contributed by atoms with Crippen molar-refractivity contribution in [2.75, 3.05) is 11.5 Å². The van der Waals surface area contributed by atoms with Gasteiger partial charge in [0.25, 0.3) is 0 Å². The summed E-state index contributed by atoms with van der Waals surface area (Å²) in [6, 6.07) is 0. The Morgan fingerprint density at radius 2 is 2.10 bits per heavy atom. The number of rotatable bonds is 4. The molecule has 0 saturated carbocycles. The first-order valence-electron chi connectivity index (χ1n) is 3.18. The highest BCUT2D eigenvalue weighted by Gasteiger charge is 2.14. The van der Waals surface area contributed by atoms with Crippen molar-refractivity contribution in [3.8, 4) is 0 Å². The van der Waals surface area contributed by atoms with Crippen LogP contribution in [0, 0.1) is 0 Å². The summed E-state index contributed by atoms with van der Waals surface area (Å²) in [5.74, 6) is 0.925. The number of ketones is 1. The zero-order chi connectivity index (χ0) is 8.20. The standard InChI is InChI=1S/C7H13FOS/c1-6(9)4-10-5-7(2,3)8/h4-5H2,1-3H3. The average Bonchev–Trinajstić information content (AvgIpc) is 1.59. The Kier molecular flexibility index (Phi) is 3.94. The van der Waals surface area contributed by atoms with Gasteiger partial charge in [0.05, 0.1) is 5.75 Å². The van der Waals surface area contributed by atoms with E-state index in [0.717, 1.165) is 0 Å². The Bertz CT molecular complexity index is 117. The fourth-order valence-corrected chi connectivity index (χ4v) is 1.31. The maximum Gasteiger partial charge on any atom is 0.139 e. The third-order valence-electron chi connectivity index (χ3n) is 0.751. The van der Waals surface area contributed by atoms with Crippen LogP contribution < -0.4 is 0 Å². The molecule has 0 N–H and O–H groups in total. The molecule has 0 aromatic carbocycles. The molecule has 0 unspecified atom stereocenters. The van der Waals surface area contributed by atoms with Gasteiger partial charge in [-0.25, -0.2) is 4.39 Å². The van der Waals surface area contributed by atoms with E-state index < -0.39 is 5.67 Å². The number of carbonyl (C=O) groups excluding carboxylic acids is 1. The van der Waals surface area contributed by atoms with E-state index in [2.05, 4.69) is 0 Å². The Labute approximate surface area is 65.4 Å². The topological polar surface area (TPSA) is 17.1 Å². The minimum Gasteiger partial charge on any atom is -0.299 e. The van der Waals surface area contributed by atoms with Gasteiger partial charge in [-0.05, 0) is 20.8 Å². The highest BCUT2D eigenvalue weighted by molar-refractivity contribution is 8.00. The first kappa shape index (κ1) is 9.95. The zero-order valence-corrected chi connectivity index (χ0v) is 7.43. The number of carbonyl (C=O) groups is 1. The van der Waals surface area contributed by atoms with Crippen LogP contribution in [0.4, 0.5) is 4.39 Å². The smallest absolute Gasteiger partial charge is 0.139 e. The molecule has 0 rings (SSSR count). The van der Waals surface area contributed by atoms with Gasteiger partial charge in [-0.1, -0.05) is 0 Å². The molecular formula is C7H13FOS. The van der Waals surface area contributed by atoms with Gasteiger partial charge >= 0.3 is 0 Å². The maximum atomic E-state index is 12.7. The summed E-state index contributed by atoms with van der Waals surface area (Å²) in [7, 11) is 0. The van der Waals surface area contributed by atoms with Gasteiger partial charge < -0.3 is 0 Å². The largest absolute Gasteiger partial charge is 0.299 e. The van der Waals surface area contributed by atoms with Gasteiger partial charge in [0, 0.05) is 5.75 Å². The van der Waals surface area contributed by atoms with Crippen molar-refractivity contribution in [3.63, 3.8) is 0 Å². The van der Waals surface area contributed by atoms with Crippen LogP contribution in [-0.4, -0.2) is 23.0 Å². The summed E-state index contributed by atoms with van der Waals surface area (Å²) in [6.07, 6.45) is 0. The Morgan fingerprint density at radius 1 is 1.60 bits per heavy atom. The lowest BCUT2D eigenvalue weighted by atomic mass is 10.2. The summed E-state index contributed by atoms with van der Waals surface area (Å²) in [4.78, 5) is 10.4. The lowest BCUT2D eigenvalue weighted by molar-refractivity contribution is -0.114. The van der Waals surface area contributed by atoms with Gasteiger partial charge in [-0.2, -0.15) is 11.8 Å². The summed E-state index contributed by atoms with van der Waals surface area (Å²) in [5.41, 5.74) is -1.15. The van der Waals surface area contributed by atoms with Crippen LogP contribution in [0.15, 0.2) is 0 Å². The molecule has 0 aromatic rings. The second-order valence-electron chi connectivity index (χ2n) is 2.91. The number of Topliss-reactive ketones (excluding diaryl/α,β-unsaturated/α-hetero) is 1. The maximum absolute atomic E-state index is 12.7. The normalized spacial score (nSPS) is 11.6.